The lowest BCUT2D eigenvalue weighted by atomic mass is 9.94. The van der Waals surface area contributed by atoms with Crippen molar-refractivity contribution in [1.29, 1.82) is 0 Å². The van der Waals surface area contributed by atoms with Crippen LogP contribution >= 0.6 is 0 Å². The molecule has 1 aliphatic heterocycles. The fourth-order valence-corrected chi connectivity index (χ4v) is 2.36. The van der Waals surface area contributed by atoms with Crippen LogP contribution in [0.1, 0.15) is 39.5 Å². The van der Waals surface area contributed by atoms with Gasteiger partial charge < -0.3 is 15.5 Å². The number of carbonyl (C=O) groups excluding carboxylic acids is 2. The van der Waals surface area contributed by atoms with Crippen LogP contribution in [0, 0.1) is 5.92 Å². The summed E-state index contributed by atoms with van der Waals surface area (Å²) in [7, 11) is 1.70. The highest BCUT2D eigenvalue weighted by Gasteiger charge is 2.17. The summed E-state index contributed by atoms with van der Waals surface area (Å²) in [6, 6.07) is 0.115. The molecule has 0 aromatic heterocycles. The second-order valence-corrected chi connectivity index (χ2v) is 5.72. The highest BCUT2D eigenvalue weighted by molar-refractivity contribution is 5.84. The van der Waals surface area contributed by atoms with Gasteiger partial charge in [0.25, 0.3) is 0 Å². The van der Waals surface area contributed by atoms with Crippen molar-refractivity contribution in [3.63, 3.8) is 0 Å². The Labute approximate surface area is 116 Å². The normalized spacial score (nSPS) is 19.3. The number of nitrogens with zero attached hydrogens (tertiary/aromatic N) is 1. The summed E-state index contributed by atoms with van der Waals surface area (Å²) in [5.41, 5.74) is 0. The number of piperidine rings is 1. The van der Waals surface area contributed by atoms with Crippen LogP contribution in [0.2, 0.25) is 0 Å². The molecule has 0 radical (unpaired) electrons. The smallest absolute Gasteiger partial charge is 0.239 e. The van der Waals surface area contributed by atoms with Gasteiger partial charge >= 0.3 is 0 Å². The van der Waals surface area contributed by atoms with Crippen molar-refractivity contribution < 1.29 is 9.59 Å². The predicted molar refractivity (Wildman–Crippen MR) is 75.7 cm³/mol. The molecule has 0 aliphatic carbocycles. The van der Waals surface area contributed by atoms with Gasteiger partial charge in [-0.1, -0.05) is 0 Å². The lowest BCUT2D eigenvalue weighted by Crippen LogP contribution is -2.41. The van der Waals surface area contributed by atoms with E-state index in [1.165, 1.54) is 17.7 Å². The van der Waals surface area contributed by atoms with Crippen molar-refractivity contribution in [2.45, 2.75) is 45.6 Å². The van der Waals surface area contributed by atoms with Crippen molar-refractivity contribution in [3.8, 4) is 0 Å². The van der Waals surface area contributed by atoms with E-state index in [0.29, 0.717) is 12.3 Å². The number of amides is 2. The molecule has 110 valence electrons. The van der Waals surface area contributed by atoms with E-state index in [9.17, 15) is 9.59 Å². The molecule has 0 spiro atoms. The van der Waals surface area contributed by atoms with Crippen LogP contribution in [0.15, 0.2) is 0 Å². The van der Waals surface area contributed by atoms with Gasteiger partial charge in [0.2, 0.25) is 11.8 Å². The van der Waals surface area contributed by atoms with E-state index >= 15 is 0 Å². The lowest BCUT2D eigenvalue weighted by molar-refractivity contribution is -0.135. The Hall–Kier alpha value is -1.10. The summed E-state index contributed by atoms with van der Waals surface area (Å²) in [6.45, 7) is 6.09. The average molecular weight is 269 g/mol. The summed E-state index contributed by atoms with van der Waals surface area (Å²) in [6.07, 6.45) is 3.86. The molecule has 2 amide bonds. The van der Waals surface area contributed by atoms with E-state index in [-0.39, 0.29) is 24.4 Å². The molecule has 1 fully saturated rings. The molecule has 1 atom stereocenters. The molecule has 0 saturated carbocycles. The SMILES string of the molecule is CC(C)NC(=O)CN(C)C(=O)CCC1CCCNC1. The Balaban J connectivity index is 2.22. The van der Waals surface area contributed by atoms with Crippen LogP contribution in [0.4, 0.5) is 0 Å². The molecule has 0 bridgehead atoms. The maximum atomic E-state index is 11.9. The summed E-state index contributed by atoms with van der Waals surface area (Å²) in [5.74, 6) is 0.574. The van der Waals surface area contributed by atoms with Crippen LogP contribution in [-0.4, -0.2) is 49.4 Å². The van der Waals surface area contributed by atoms with Gasteiger partial charge in [-0.05, 0) is 52.1 Å². The first kappa shape index (κ1) is 16.0. The topological polar surface area (TPSA) is 61.4 Å². The zero-order valence-electron chi connectivity index (χ0n) is 12.4. The maximum absolute atomic E-state index is 11.9. The van der Waals surface area contributed by atoms with Crippen LogP contribution in [0.3, 0.4) is 0 Å². The summed E-state index contributed by atoms with van der Waals surface area (Å²) < 4.78 is 0. The van der Waals surface area contributed by atoms with E-state index in [1.54, 1.807) is 7.05 Å². The first-order valence-corrected chi connectivity index (χ1v) is 7.23. The Morgan fingerprint density at radius 2 is 2.16 bits per heavy atom. The Morgan fingerprint density at radius 1 is 1.42 bits per heavy atom. The number of carbonyl (C=O) groups is 2. The summed E-state index contributed by atoms with van der Waals surface area (Å²) >= 11 is 0. The fourth-order valence-electron chi connectivity index (χ4n) is 2.36. The van der Waals surface area contributed by atoms with Gasteiger partial charge in [-0.3, -0.25) is 9.59 Å². The zero-order chi connectivity index (χ0) is 14.3. The minimum atomic E-state index is -0.0924. The molecule has 0 aromatic carbocycles. The molecule has 1 saturated heterocycles. The third-order valence-electron chi connectivity index (χ3n) is 3.42. The monoisotopic (exact) mass is 269 g/mol. The Morgan fingerprint density at radius 3 is 2.74 bits per heavy atom. The predicted octanol–water partition coefficient (Wildman–Crippen LogP) is 0.749. The highest BCUT2D eigenvalue weighted by Crippen LogP contribution is 2.16. The molecule has 1 heterocycles. The van der Waals surface area contributed by atoms with Crippen molar-refractivity contribution in [1.82, 2.24) is 15.5 Å². The number of likely N-dealkylation sites (N-methyl/N-ethyl adjacent to an activating group) is 1. The maximum Gasteiger partial charge on any atom is 0.239 e. The van der Waals surface area contributed by atoms with E-state index < -0.39 is 0 Å². The highest BCUT2D eigenvalue weighted by atomic mass is 16.2. The van der Waals surface area contributed by atoms with Crippen molar-refractivity contribution in [2.75, 3.05) is 26.7 Å². The van der Waals surface area contributed by atoms with E-state index in [4.69, 9.17) is 0 Å². The molecule has 2 N–H and O–H groups in total. The van der Waals surface area contributed by atoms with Crippen molar-refractivity contribution in [3.05, 3.63) is 0 Å². The number of rotatable bonds is 6. The molecule has 0 aromatic rings. The molecule has 19 heavy (non-hydrogen) atoms. The fraction of sp³-hybridized carbons (Fsp3) is 0.857. The third-order valence-corrected chi connectivity index (χ3v) is 3.42. The lowest BCUT2D eigenvalue weighted by Gasteiger charge is -2.23. The second kappa shape index (κ2) is 8.15. The molecule has 1 rings (SSSR count). The number of nitrogens with one attached hydrogen (secondary N) is 2. The largest absolute Gasteiger partial charge is 0.352 e. The minimum absolute atomic E-state index is 0.0597. The van der Waals surface area contributed by atoms with E-state index in [0.717, 1.165) is 19.5 Å². The van der Waals surface area contributed by atoms with Crippen molar-refractivity contribution >= 4 is 11.8 Å². The quantitative estimate of drug-likeness (QED) is 0.748. The second-order valence-electron chi connectivity index (χ2n) is 5.72. The van der Waals surface area contributed by atoms with E-state index in [1.807, 2.05) is 13.8 Å². The molecule has 1 unspecified atom stereocenters. The van der Waals surface area contributed by atoms with Gasteiger partial charge in [-0.25, -0.2) is 0 Å². The first-order valence-electron chi connectivity index (χ1n) is 7.23. The Kier molecular flexibility index (Phi) is 6.84. The van der Waals surface area contributed by atoms with E-state index in [2.05, 4.69) is 10.6 Å². The molecule has 1 aliphatic rings. The van der Waals surface area contributed by atoms with Crippen molar-refractivity contribution in [2.24, 2.45) is 5.92 Å². The van der Waals surface area contributed by atoms with Crippen LogP contribution < -0.4 is 10.6 Å². The zero-order valence-corrected chi connectivity index (χ0v) is 12.4. The summed E-state index contributed by atoms with van der Waals surface area (Å²) in [4.78, 5) is 25.0. The minimum Gasteiger partial charge on any atom is -0.352 e. The van der Waals surface area contributed by atoms with Gasteiger partial charge in [-0.15, -0.1) is 0 Å². The van der Waals surface area contributed by atoms with Gasteiger partial charge in [0, 0.05) is 19.5 Å². The average Bonchev–Trinajstić information content (AvgIpc) is 2.36. The van der Waals surface area contributed by atoms with Gasteiger partial charge in [0.15, 0.2) is 0 Å². The molecule has 5 nitrogen and oxygen atoms in total. The standard InChI is InChI=1S/C14H27N3O2/c1-11(2)16-13(18)10-17(3)14(19)7-6-12-5-4-8-15-9-12/h11-12,15H,4-10H2,1-3H3,(H,16,18). The molecular weight excluding hydrogens is 242 g/mol. The number of hydrogen-bond donors (Lipinski definition) is 2. The third kappa shape index (κ3) is 6.57. The molecule has 5 heteroatoms. The first-order chi connectivity index (χ1) is 8.99. The van der Waals surface area contributed by atoms with Crippen LogP contribution in [-0.2, 0) is 9.59 Å². The van der Waals surface area contributed by atoms with Gasteiger partial charge in [0.05, 0.1) is 6.54 Å². The summed E-state index contributed by atoms with van der Waals surface area (Å²) in [5, 5.41) is 6.14. The van der Waals surface area contributed by atoms with Crippen LogP contribution in [0.5, 0.6) is 0 Å². The van der Waals surface area contributed by atoms with Gasteiger partial charge in [0.1, 0.15) is 0 Å². The molecular formula is C14H27N3O2. The van der Waals surface area contributed by atoms with Gasteiger partial charge in [-0.2, -0.15) is 0 Å². The Bertz CT molecular complexity index is 299. The van der Waals surface area contributed by atoms with Crippen LogP contribution in [0.25, 0.3) is 0 Å². The number of hydrogen-bond acceptors (Lipinski definition) is 3.